The van der Waals surface area contributed by atoms with Crippen LogP contribution in [0.3, 0.4) is 0 Å². The number of methoxy groups -OCH3 is 1. The monoisotopic (exact) mass is 281 g/mol. The van der Waals surface area contributed by atoms with Crippen LogP contribution in [0, 0.1) is 11.3 Å². The maximum absolute atomic E-state index is 8.76. The van der Waals surface area contributed by atoms with Crippen molar-refractivity contribution in [2.45, 2.75) is 6.61 Å². The molecule has 0 aromatic heterocycles. The van der Waals surface area contributed by atoms with Gasteiger partial charge in [0, 0.05) is 5.56 Å². The van der Waals surface area contributed by atoms with Gasteiger partial charge in [-0.1, -0.05) is 0 Å². The van der Waals surface area contributed by atoms with Crippen molar-refractivity contribution in [2.24, 2.45) is 10.9 Å². The van der Waals surface area contributed by atoms with Gasteiger partial charge < -0.3 is 15.3 Å². The summed E-state index contributed by atoms with van der Waals surface area (Å²) in [5, 5.41) is 12.3. The first-order valence-electron chi connectivity index (χ1n) is 6.30. The highest BCUT2D eigenvalue weighted by atomic mass is 16.5. The third-order valence-corrected chi connectivity index (χ3v) is 2.91. The Morgan fingerprint density at radius 1 is 1.24 bits per heavy atom. The number of nitriles is 1. The first-order chi connectivity index (χ1) is 10.3. The standard InChI is InChI=1S/C16H15N3O2/c1-20-16-7-4-13(10-19-18)8-14(16)11-21-15-5-2-12(9-17)3-6-15/h2-8,10H,11,18H2,1H3. The van der Waals surface area contributed by atoms with Crippen LogP contribution in [-0.4, -0.2) is 13.3 Å². The van der Waals surface area contributed by atoms with Gasteiger partial charge in [0.1, 0.15) is 18.1 Å². The van der Waals surface area contributed by atoms with E-state index in [1.807, 2.05) is 18.2 Å². The second-order valence-electron chi connectivity index (χ2n) is 4.27. The van der Waals surface area contributed by atoms with Gasteiger partial charge in [-0.15, -0.1) is 0 Å². The fraction of sp³-hybridized carbons (Fsp3) is 0.125. The van der Waals surface area contributed by atoms with Crippen LogP contribution >= 0.6 is 0 Å². The van der Waals surface area contributed by atoms with E-state index in [2.05, 4.69) is 11.2 Å². The molecule has 0 aliphatic carbocycles. The Morgan fingerprint density at radius 3 is 2.62 bits per heavy atom. The zero-order chi connectivity index (χ0) is 15.1. The third kappa shape index (κ3) is 3.74. The van der Waals surface area contributed by atoms with Crippen molar-refractivity contribution < 1.29 is 9.47 Å². The highest BCUT2D eigenvalue weighted by Crippen LogP contribution is 2.22. The smallest absolute Gasteiger partial charge is 0.125 e. The zero-order valence-electron chi connectivity index (χ0n) is 11.6. The summed E-state index contributed by atoms with van der Waals surface area (Å²) in [6, 6.07) is 14.6. The van der Waals surface area contributed by atoms with E-state index in [1.165, 1.54) is 0 Å². The van der Waals surface area contributed by atoms with Gasteiger partial charge in [-0.2, -0.15) is 10.4 Å². The van der Waals surface area contributed by atoms with Gasteiger partial charge in [0.05, 0.1) is 25.0 Å². The van der Waals surface area contributed by atoms with Crippen LogP contribution in [0.5, 0.6) is 11.5 Å². The molecule has 2 aromatic carbocycles. The minimum absolute atomic E-state index is 0.349. The van der Waals surface area contributed by atoms with Gasteiger partial charge in [-0.3, -0.25) is 0 Å². The lowest BCUT2D eigenvalue weighted by atomic mass is 10.1. The van der Waals surface area contributed by atoms with Crippen LogP contribution in [0.25, 0.3) is 0 Å². The molecule has 0 aliphatic rings. The highest BCUT2D eigenvalue weighted by molar-refractivity contribution is 5.80. The predicted octanol–water partition coefficient (Wildman–Crippen LogP) is 2.44. The summed E-state index contributed by atoms with van der Waals surface area (Å²) in [5.74, 6) is 6.58. The summed E-state index contributed by atoms with van der Waals surface area (Å²) in [6.45, 7) is 0.349. The molecule has 106 valence electrons. The van der Waals surface area contributed by atoms with Crippen LogP contribution in [0.1, 0.15) is 16.7 Å². The van der Waals surface area contributed by atoms with E-state index in [1.54, 1.807) is 37.6 Å². The number of benzene rings is 2. The highest BCUT2D eigenvalue weighted by Gasteiger charge is 2.05. The van der Waals surface area contributed by atoms with E-state index in [4.69, 9.17) is 20.6 Å². The van der Waals surface area contributed by atoms with Crippen LogP contribution in [-0.2, 0) is 6.61 Å². The predicted molar refractivity (Wildman–Crippen MR) is 80.3 cm³/mol. The number of hydrogen-bond acceptors (Lipinski definition) is 5. The molecule has 2 rings (SSSR count). The van der Waals surface area contributed by atoms with E-state index < -0.39 is 0 Å². The molecular formula is C16H15N3O2. The quantitative estimate of drug-likeness (QED) is 0.518. The molecule has 0 heterocycles. The maximum Gasteiger partial charge on any atom is 0.125 e. The molecule has 2 aromatic rings. The molecule has 0 fully saturated rings. The van der Waals surface area contributed by atoms with Crippen LogP contribution in [0.4, 0.5) is 0 Å². The second kappa shape index (κ2) is 6.96. The van der Waals surface area contributed by atoms with E-state index in [9.17, 15) is 0 Å². The first kappa shape index (κ1) is 14.4. The number of nitrogens with zero attached hydrogens (tertiary/aromatic N) is 2. The summed E-state index contributed by atoms with van der Waals surface area (Å²) >= 11 is 0. The van der Waals surface area contributed by atoms with Crippen LogP contribution in [0.15, 0.2) is 47.6 Å². The molecule has 21 heavy (non-hydrogen) atoms. The molecule has 0 atom stereocenters. The van der Waals surface area contributed by atoms with Crippen molar-refractivity contribution >= 4 is 6.21 Å². The van der Waals surface area contributed by atoms with E-state index in [0.29, 0.717) is 17.9 Å². The SMILES string of the molecule is COc1ccc(C=NN)cc1COc1ccc(C#N)cc1. The van der Waals surface area contributed by atoms with Crippen molar-refractivity contribution in [3.8, 4) is 17.6 Å². The number of hydrogen-bond donors (Lipinski definition) is 1. The van der Waals surface area contributed by atoms with Crippen molar-refractivity contribution in [3.05, 3.63) is 59.2 Å². The number of nitrogens with two attached hydrogens (primary N) is 1. The van der Waals surface area contributed by atoms with Crippen LogP contribution in [0.2, 0.25) is 0 Å². The van der Waals surface area contributed by atoms with Crippen molar-refractivity contribution in [1.82, 2.24) is 0 Å². The van der Waals surface area contributed by atoms with Crippen molar-refractivity contribution in [1.29, 1.82) is 5.26 Å². The number of rotatable bonds is 5. The van der Waals surface area contributed by atoms with E-state index >= 15 is 0 Å². The third-order valence-electron chi connectivity index (χ3n) is 2.91. The lowest BCUT2D eigenvalue weighted by molar-refractivity contribution is 0.296. The number of hydrazone groups is 1. The summed E-state index contributed by atoms with van der Waals surface area (Å²) in [5.41, 5.74) is 2.36. The Bertz CT molecular complexity index is 673. The van der Waals surface area contributed by atoms with Crippen molar-refractivity contribution in [2.75, 3.05) is 7.11 Å². The Balaban J connectivity index is 2.14. The summed E-state index contributed by atoms with van der Waals surface area (Å²) in [7, 11) is 1.61. The summed E-state index contributed by atoms with van der Waals surface area (Å²) < 4.78 is 11.0. The van der Waals surface area contributed by atoms with Gasteiger partial charge in [-0.25, -0.2) is 0 Å². The second-order valence-corrected chi connectivity index (χ2v) is 4.27. The molecule has 2 N–H and O–H groups in total. The number of ether oxygens (including phenoxy) is 2. The van der Waals surface area contributed by atoms with Gasteiger partial charge in [0.25, 0.3) is 0 Å². The lowest BCUT2D eigenvalue weighted by Gasteiger charge is -2.11. The van der Waals surface area contributed by atoms with Gasteiger partial charge in [0.15, 0.2) is 0 Å². The Labute approximate surface area is 123 Å². The molecule has 0 bridgehead atoms. The molecule has 0 aliphatic heterocycles. The molecule has 0 spiro atoms. The average molecular weight is 281 g/mol. The first-order valence-corrected chi connectivity index (χ1v) is 6.30. The average Bonchev–Trinajstić information content (AvgIpc) is 2.54. The van der Waals surface area contributed by atoms with Gasteiger partial charge in [-0.05, 0) is 48.0 Å². The Hall–Kier alpha value is -3.00. The van der Waals surface area contributed by atoms with Gasteiger partial charge in [0.2, 0.25) is 0 Å². The molecule has 0 saturated carbocycles. The molecule has 0 amide bonds. The minimum atomic E-state index is 0.349. The van der Waals surface area contributed by atoms with E-state index in [0.717, 1.165) is 16.9 Å². The molecule has 5 heteroatoms. The summed E-state index contributed by atoms with van der Waals surface area (Å²) in [4.78, 5) is 0. The van der Waals surface area contributed by atoms with Crippen molar-refractivity contribution in [3.63, 3.8) is 0 Å². The molecule has 0 unspecified atom stereocenters. The molecule has 0 saturated heterocycles. The lowest BCUT2D eigenvalue weighted by Crippen LogP contribution is -2.00. The molecule has 0 radical (unpaired) electrons. The Morgan fingerprint density at radius 2 is 2.00 bits per heavy atom. The summed E-state index contributed by atoms with van der Waals surface area (Å²) in [6.07, 6.45) is 1.56. The fourth-order valence-electron chi connectivity index (χ4n) is 1.86. The maximum atomic E-state index is 8.76. The topological polar surface area (TPSA) is 80.6 Å². The molecular weight excluding hydrogens is 266 g/mol. The van der Waals surface area contributed by atoms with Gasteiger partial charge >= 0.3 is 0 Å². The van der Waals surface area contributed by atoms with Crippen LogP contribution < -0.4 is 15.3 Å². The van der Waals surface area contributed by atoms with E-state index in [-0.39, 0.29) is 0 Å². The minimum Gasteiger partial charge on any atom is -0.496 e. The normalized spacial score (nSPS) is 10.3. The molecule has 5 nitrogen and oxygen atoms in total. The zero-order valence-corrected chi connectivity index (χ0v) is 11.6. The Kier molecular flexibility index (Phi) is 4.78. The largest absolute Gasteiger partial charge is 0.496 e. The fourth-order valence-corrected chi connectivity index (χ4v) is 1.86.